The van der Waals surface area contributed by atoms with Crippen molar-refractivity contribution >= 4 is 34.4 Å². The van der Waals surface area contributed by atoms with Crippen LogP contribution in [0.4, 0.5) is 0 Å². The first-order valence-corrected chi connectivity index (χ1v) is 12.0. The molecule has 2 N–H and O–H groups in total. The lowest BCUT2D eigenvalue weighted by Crippen LogP contribution is -2.30. The zero-order valence-corrected chi connectivity index (χ0v) is 20.0. The fourth-order valence-electron chi connectivity index (χ4n) is 4.55. The molecule has 1 aliphatic carbocycles. The van der Waals surface area contributed by atoms with Gasteiger partial charge in [-0.2, -0.15) is 0 Å². The second-order valence-electron chi connectivity index (χ2n) is 9.02. The average molecular weight is 467 g/mol. The Kier molecular flexibility index (Phi) is 7.33. The lowest BCUT2D eigenvalue weighted by atomic mass is 9.89. The molecule has 1 aromatic heterocycles. The Labute approximate surface area is 199 Å². The quantitative estimate of drug-likeness (QED) is 0.527. The summed E-state index contributed by atoms with van der Waals surface area (Å²) >= 11 is 6.45. The summed E-state index contributed by atoms with van der Waals surface area (Å²) in [5.74, 6) is 1.35. The van der Waals surface area contributed by atoms with Crippen LogP contribution >= 0.6 is 11.6 Å². The highest BCUT2D eigenvalue weighted by molar-refractivity contribution is 6.31. The van der Waals surface area contributed by atoms with Gasteiger partial charge < -0.3 is 15.2 Å². The number of rotatable bonds is 7. The van der Waals surface area contributed by atoms with Gasteiger partial charge in [0.1, 0.15) is 5.82 Å². The monoisotopic (exact) mass is 466 g/mol. The van der Waals surface area contributed by atoms with Crippen LogP contribution in [0.5, 0.6) is 0 Å². The molecule has 1 aliphatic rings. The van der Waals surface area contributed by atoms with E-state index in [0.717, 1.165) is 34.5 Å². The fourth-order valence-corrected chi connectivity index (χ4v) is 4.73. The van der Waals surface area contributed by atoms with E-state index in [2.05, 4.69) is 10.6 Å². The minimum atomic E-state index is -0.0690. The molecular weight excluding hydrogens is 436 g/mol. The van der Waals surface area contributed by atoms with Gasteiger partial charge in [-0.15, -0.1) is 0 Å². The number of nitrogens with zero attached hydrogens (tertiary/aromatic N) is 2. The van der Waals surface area contributed by atoms with Gasteiger partial charge >= 0.3 is 0 Å². The van der Waals surface area contributed by atoms with Gasteiger partial charge in [0.05, 0.1) is 11.0 Å². The minimum Gasteiger partial charge on any atom is -0.352 e. The van der Waals surface area contributed by atoms with Gasteiger partial charge in [0, 0.05) is 44.1 Å². The van der Waals surface area contributed by atoms with Crippen molar-refractivity contribution < 1.29 is 9.59 Å². The highest BCUT2D eigenvalue weighted by Crippen LogP contribution is 2.25. The van der Waals surface area contributed by atoms with Crippen molar-refractivity contribution in [1.82, 2.24) is 20.2 Å². The van der Waals surface area contributed by atoms with Crippen molar-refractivity contribution in [2.24, 2.45) is 13.0 Å². The van der Waals surface area contributed by atoms with E-state index in [9.17, 15) is 9.59 Å². The van der Waals surface area contributed by atoms with Crippen molar-refractivity contribution in [3.8, 4) is 0 Å². The summed E-state index contributed by atoms with van der Waals surface area (Å²) in [5, 5.41) is 6.58. The number of aryl methyl sites for hydroxylation is 1. The molecule has 0 spiro atoms. The Balaban J connectivity index is 1.49. The first-order valence-electron chi connectivity index (χ1n) is 11.7. The first-order chi connectivity index (χ1) is 15.9. The molecule has 1 heterocycles. The van der Waals surface area contributed by atoms with E-state index in [1.807, 2.05) is 48.0 Å². The molecule has 2 aromatic carbocycles. The van der Waals surface area contributed by atoms with Crippen LogP contribution in [-0.4, -0.2) is 27.9 Å². The van der Waals surface area contributed by atoms with E-state index in [0.29, 0.717) is 29.5 Å². The summed E-state index contributed by atoms with van der Waals surface area (Å²) < 4.78 is 2.04. The number of hydrogen-bond acceptors (Lipinski definition) is 3. The van der Waals surface area contributed by atoms with E-state index in [4.69, 9.17) is 16.6 Å². The Morgan fingerprint density at radius 3 is 2.64 bits per heavy atom. The summed E-state index contributed by atoms with van der Waals surface area (Å²) in [6, 6.07) is 11.5. The molecule has 33 heavy (non-hydrogen) atoms. The zero-order valence-electron chi connectivity index (χ0n) is 19.3. The number of halogens is 1. The summed E-state index contributed by atoms with van der Waals surface area (Å²) in [7, 11) is 1.97. The molecule has 0 atom stereocenters. The van der Waals surface area contributed by atoms with Gasteiger partial charge in [-0.05, 0) is 54.2 Å². The van der Waals surface area contributed by atoms with Crippen molar-refractivity contribution in [2.75, 3.05) is 6.54 Å². The number of aromatic nitrogens is 2. The molecular formula is C26H31ClN4O2. The first kappa shape index (κ1) is 23.3. The number of benzene rings is 2. The molecule has 0 aliphatic heterocycles. The summed E-state index contributed by atoms with van der Waals surface area (Å²) in [4.78, 5) is 28.7. The van der Waals surface area contributed by atoms with E-state index in [-0.39, 0.29) is 11.8 Å². The number of fused-ring (bicyclic) bond motifs is 1. The van der Waals surface area contributed by atoms with Crippen LogP contribution in [0, 0.1) is 5.92 Å². The van der Waals surface area contributed by atoms with Crippen LogP contribution in [-0.2, 0) is 24.8 Å². The Morgan fingerprint density at radius 1 is 1.09 bits per heavy atom. The van der Waals surface area contributed by atoms with Crippen LogP contribution in [0.1, 0.15) is 66.3 Å². The SMILES string of the molecule is CC(=O)NCc1ccc(Cl)c(Cc2nc3cc(C(=O)NCC4CCCCC4)ccc3n2C)c1. The van der Waals surface area contributed by atoms with E-state index in [1.165, 1.54) is 39.0 Å². The highest BCUT2D eigenvalue weighted by Gasteiger charge is 2.17. The molecule has 3 aromatic rings. The van der Waals surface area contributed by atoms with Crippen molar-refractivity contribution in [1.29, 1.82) is 0 Å². The van der Waals surface area contributed by atoms with Gasteiger partial charge in [0.25, 0.3) is 5.91 Å². The van der Waals surface area contributed by atoms with Gasteiger partial charge in [-0.1, -0.05) is 43.0 Å². The van der Waals surface area contributed by atoms with Crippen molar-refractivity contribution in [2.45, 2.75) is 52.0 Å². The van der Waals surface area contributed by atoms with Gasteiger partial charge in [-0.25, -0.2) is 4.98 Å². The van der Waals surface area contributed by atoms with Crippen molar-refractivity contribution in [3.05, 3.63) is 63.9 Å². The Bertz CT molecular complexity index is 1160. The number of hydrogen-bond donors (Lipinski definition) is 2. The molecule has 0 unspecified atom stereocenters. The molecule has 1 saturated carbocycles. The van der Waals surface area contributed by atoms with Crippen LogP contribution < -0.4 is 10.6 Å². The third kappa shape index (κ3) is 5.74. The molecule has 6 nitrogen and oxygen atoms in total. The molecule has 0 radical (unpaired) electrons. The Hall–Kier alpha value is -2.86. The third-order valence-corrected chi connectivity index (χ3v) is 6.88. The smallest absolute Gasteiger partial charge is 0.251 e. The number of nitrogens with one attached hydrogen (secondary N) is 2. The zero-order chi connectivity index (χ0) is 23.4. The second-order valence-corrected chi connectivity index (χ2v) is 9.42. The molecule has 174 valence electrons. The van der Waals surface area contributed by atoms with Gasteiger partial charge in [-0.3, -0.25) is 9.59 Å². The molecule has 0 bridgehead atoms. The van der Waals surface area contributed by atoms with Crippen LogP contribution in [0.15, 0.2) is 36.4 Å². The molecule has 0 saturated heterocycles. The van der Waals surface area contributed by atoms with E-state index < -0.39 is 0 Å². The number of carbonyl (C=O) groups excluding carboxylic acids is 2. The Morgan fingerprint density at radius 2 is 1.88 bits per heavy atom. The van der Waals surface area contributed by atoms with Crippen molar-refractivity contribution in [3.63, 3.8) is 0 Å². The standard InChI is InChI=1S/C26H31ClN4O2/c1-17(32)28-16-19-8-10-22(27)21(12-19)14-25-30-23-13-20(9-11-24(23)31(25)2)26(33)29-15-18-6-4-3-5-7-18/h8-13,18H,3-7,14-16H2,1-2H3,(H,28,32)(H,29,33). The minimum absolute atomic E-state index is 0.0385. The number of imidazole rings is 1. The predicted octanol–water partition coefficient (Wildman–Crippen LogP) is 4.76. The predicted molar refractivity (Wildman–Crippen MR) is 131 cm³/mol. The maximum Gasteiger partial charge on any atom is 0.251 e. The second kappa shape index (κ2) is 10.4. The molecule has 4 rings (SSSR count). The van der Waals surface area contributed by atoms with Crippen LogP contribution in [0.3, 0.4) is 0 Å². The topological polar surface area (TPSA) is 76.0 Å². The van der Waals surface area contributed by atoms with E-state index in [1.54, 1.807) is 0 Å². The van der Waals surface area contributed by atoms with Crippen LogP contribution in [0.25, 0.3) is 11.0 Å². The molecule has 7 heteroatoms. The third-order valence-electron chi connectivity index (χ3n) is 6.51. The van der Waals surface area contributed by atoms with Gasteiger partial charge in [0.15, 0.2) is 0 Å². The lowest BCUT2D eigenvalue weighted by Gasteiger charge is -2.21. The lowest BCUT2D eigenvalue weighted by molar-refractivity contribution is -0.119. The average Bonchev–Trinajstić information content (AvgIpc) is 3.13. The fraction of sp³-hybridized carbons (Fsp3) is 0.423. The maximum atomic E-state index is 12.7. The summed E-state index contributed by atoms with van der Waals surface area (Å²) in [6.07, 6.45) is 6.82. The largest absolute Gasteiger partial charge is 0.352 e. The number of amides is 2. The number of carbonyl (C=O) groups is 2. The summed E-state index contributed by atoms with van der Waals surface area (Å²) in [5.41, 5.74) is 4.34. The van der Waals surface area contributed by atoms with Crippen LogP contribution in [0.2, 0.25) is 5.02 Å². The maximum absolute atomic E-state index is 12.7. The van der Waals surface area contributed by atoms with E-state index >= 15 is 0 Å². The normalized spacial score (nSPS) is 14.4. The summed E-state index contributed by atoms with van der Waals surface area (Å²) in [6.45, 7) is 2.71. The van der Waals surface area contributed by atoms with Gasteiger partial charge in [0.2, 0.25) is 5.91 Å². The highest BCUT2D eigenvalue weighted by atomic mass is 35.5. The molecule has 1 fully saturated rings. The molecule has 2 amide bonds.